The van der Waals surface area contributed by atoms with Crippen LogP contribution in [0.4, 0.5) is 0 Å². The number of carbonyl (C=O) groups excluding carboxylic acids is 4. The second kappa shape index (κ2) is 6.54. The first kappa shape index (κ1) is 18.1. The first-order valence-corrected chi connectivity index (χ1v) is 8.21. The Balaban J connectivity index is 1.93. The average molecular weight is 378 g/mol. The summed E-state index contributed by atoms with van der Waals surface area (Å²) >= 11 is 6.30. The van der Waals surface area contributed by atoms with Crippen molar-refractivity contribution in [2.24, 2.45) is 5.73 Å². The summed E-state index contributed by atoms with van der Waals surface area (Å²) in [7, 11) is 1.17. The van der Waals surface area contributed by atoms with Crippen LogP contribution in [0.3, 0.4) is 0 Å². The Morgan fingerprint density at radius 2 is 1.73 bits per heavy atom. The third-order valence-electron chi connectivity index (χ3n) is 4.43. The van der Waals surface area contributed by atoms with Crippen LogP contribution in [0.5, 0.6) is 0 Å². The fourth-order valence-corrected chi connectivity index (χ4v) is 3.45. The van der Waals surface area contributed by atoms with Crippen molar-refractivity contribution in [1.82, 2.24) is 9.80 Å². The molecule has 8 nitrogen and oxygen atoms in total. The van der Waals surface area contributed by atoms with Crippen LogP contribution in [0.1, 0.15) is 27.6 Å². The third kappa shape index (κ3) is 2.41. The van der Waals surface area contributed by atoms with Gasteiger partial charge < -0.3 is 10.5 Å². The zero-order valence-corrected chi connectivity index (χ0v) is 14.8. The number of likely N-dealkylation sites (tertiary alicyclic amines) is 1. The number of nitrogens with zero attached hydrogens (tertiary/aromatic N) is 2. The molecule has 0 spiro atoms. The highest BCUT2D eigenvalue weighted by Crippen LogP contribution is 2.37. The minimum Gasteiger partial charge on any atom is -0.464 e. The quantitative estimate of drug-likeness (QED) is 0.204. The summed E-state index contributed by atoms with van der Waals surface area (Å²) in [6.07, 6.45) is 0. The molecule has 3 rings (SSSR count). The van der Waals surface area contributed by atoms with Gasteiger partial charge in [-0.25, -0.2) is 4.79 Å². The number of halogens is 1. The molecule has 3 amide bonds. The monoisotopic (exact) mass is 377 g/mol. The number of rotatable bonds is 4. The molecule has 0 aromatic heterocycles. The molecule has 1 saturated heterocycles. The van der Waals surface area contributed by atoms with Gasteiger partial charge in [-0.2, -0.15) is 0 Å². The molecular formula is C17H16ClN3O5. The van der Waals surface area contributed by atoms with Crippen molar-refractivity contribution in [1.29, 1.82) is 0 Å². The number of amides is 3. The molecule has 1 aromatic rings. The minimum atomic E-state index is -1.20. The number of imide groups is 1. The van der Waals surface area contributed by atoms with E-state index in [1.165, 1.54) is 19.2 Å². The summed E-state index contributed by atoms with van der Waals surface area (Å²) in [5.41, 5.74) is 5.23. The van der Waals surface area contributed by atoms with E-state index in [0.29, 0.717) is 5.57 Å². The van der Waals surface area contributed by atoms with Gasteiger partial charge in [-0.15, -0.1) is 0 Å². The summed E-state index contributed by atoms with van der Waals surface area (Å²) in [4.78, 5) is 51.7. The lowest BCUT2D eigenvalue weighted by Crippen LogP contribution is -2.69. The van der Waals surface area contributed by atoms with Crippen LogP contribution in [-0.4, -0.2) is 58.7 Å². The summed E-state index contributed by atoms with van der Waals surface area (Å²) < 4.78 is 4.69. The number of hydrogen-bond acceptors (Lipinski definition) is 6. The summed E-state index contributed by atoms with van der Waals surface area (Å²) in [6.45, 7) is 1.58. The lowest BCUT2D eigenvalue weighted by molar-refractivity contribution is -0.153. The Morgan fingerprint density at radius 1 is 1.19 bits per heavy atom. The minimum absolute atomic E-state index is 0.00943. The number of methoxy groups -OCH3 is 1. The maximum absolute atomic E-state index is 12.7. The Hall–Kier alpha value is -2.71. The smallest absolute Gasteiger partial charge is 0.354 e. The number of carbonyl (C=O) groups is 4. The van der Waals surface area contributed by atoms with Crippen LogP contribution in [0.25, 0.3) is 0 Å². The zero-order chi connectivity index (χ0) is 19.2. The summed E-state index contributed by atoms with van der Waals surface area (Å²) in [5, 5.41) is 0. The van der Waals surface area contributed by atoms with E-state index in [1.807, 2.05) is 0 Å². The molecule has 1 fully saturated rings. The molecule has 2 aliphatic heterocycles. The van der Waals surface area contributed by atoms with E-state index < -0.39 is 35.2 Å². The lowest BCUT2D eigenvalue weighted by Gasteiger charge is -2.46. The van der Waals surface area contributed by atoms with E-state index >= 15 is 0 Å². The van der Waals surface area contributed by atoms with Gasteiger partial charge in [0.15, 0.2) is 6.04 Å². The van der Waals surface area contributed by atoms with Crippen molar-refractivity contribution < 1.29 is 23.9 Å². The van der Waals surface area contributed by atoms with E-state index in [1.54, 1.807) is 19.1 Å². The van der Waals surface area contributed by atoms with Gasteiger partial charge in [0.2, 0.25) is 0 Å². The molecule has 0 saturated carbocycles. The zero-order valence-electron chi connectivity index (χ0n) is 14.1. The van der Waals surface area contributed by atoms with Gasteiger partial charge in [-0.3, -0.25) is 24.2 Å². The van der Waals surface area contributed by atoms with E-state index in [-0.39, 0.29) is 23.4 Å². The first-order valence-electron chi connectivity index (χ1n) is 7.77. The Labute approximate surface area is 154 Å². The fourth-order valence-electron chi connectivity index (χ4n) is 3.04. The highest BCUT2D eigenvalue weighted by Gasteiger charge is 2.57. The van der Waals surface area contributed by atoms with Crippen molar-refractivity contribution in [3.8, 4) is 0 Å². The normalized spacial score (nSPS) is 22.8. The molecule has 0 unspecified atom stereocenters. The third-order valence-corrected chi connectivity index (χ3v) is 4.87. The number of ether oxygens (including phenoxy) is 1. The topological polar surface area (TPSA) is 110 Å². The predicted molar refractivity (Wildman–Crippen MR) is 91.0 cm³/mol. The molecule has 1 aromatic carbocycles. The van der Waals surface area contributed by atoms with E-state index in [0.717, 1.165) is 9.80 Å². The van der Waals surface area contributed by atoms with Crippen LogP contribution in [0, 0.1) is 0 Å². The van der Waals surface area contributed by atoms with Crippen molar-refractivity contribution in [2.45, 2.75) is 18.5 Å². The molecule has 26 heavy (non-hydrogen) atoms. The number of esters is 1. The SMILES string of the molecule is COC(=O)/C(=C(\C)CN)N1C(=O)[C@H](N2C(=O)c3ccccc3C2=O)[C@H]1Cl. The van der Waals surface area contributed by atoms with E-state index in [4.69, 9.17) is 22.1 Å². The van der Waals surface area contributed by atoms with Gasteiger partial charge >= 0.3 is 5.97 Å². The maximum atomic E-state index is 12.7. The highest BCUT2D eigenvalue weighted by molar-refractivity contribution is 6.30. The molecule has 9 heteroatoms. The molecule has 0 radical (unpaired) electrons. The maximum Gasteiger partial charge on any atom is 0.354 e. The van der Waals surface area contributed by atoms with Crippen LogP contribution in [-0.2, 0) is 14.3 Å². The Kier molecular flexibility index (Phi) is 4.55. The summed E-state index contributed by atoms with van der Waals surface area (Å²) in [5.74, 6) is -2.60. The van der Waals surface area contributed by atoms with Gasteiger partial charge in [0.25, 0.3) is 17.7 Å². The first-order chi connectivity index (χ1) is 12.3. The largest absolute Gasteiger partial charge is 0.464 e. The number of fused-ring (bicyclic) bond motifs is 1. The van der Waals surface area contributed by atoms with E-state index in [9.17, 15) is 19.2 Å². The molecule has 2 heterocycles. The summed E-state index contributed by atoms with van der Waals surface area (Å²) in [6, 6.07) is 5.08. The molecular weight excluding hydrogens is 362 g/mol. The van der Waals surface area contributed by atoms with Crippen LogP contribution < -0.4 is 5.73 Å². The molecule has 0 aliphatic carbocycles. The molecule has 2 atom stereocenters. The van der Waals surface area contributed by atoms with E-state index in [2.05, 4.69) is 0 Å². The predicted octanol–water partition coefficient (Wildman–Crippen LogP) is 0.464. The second-order valence-electron chi connectivity index (χ2n) is 5.88. The van der Waals surface area contributed by atoms with Crippen LogP contribution in [0.2, 0.25) is 0 Å². The standard InChI is InChI=1S/C17H16ClN3O5/c1-8(7-19)11(17(25)26-2)20-13(18)12(16(20)24)21-14(22)9-5-3-4-6-10(9)15(21)23/h3-6,12-13H,7,19H2,1-2H3/b11-8-/t12-,13+/m1/s1. The number of benzene rings is 1. The second-order valence-corrected chi connectivity index (χ2v) is 6.32. The number of alkyl halides is 1. The molecule has 136 valence electrons. The van der Waals surface area contributed by atoms with Gasteiger partial charge in [0.05, 0.1) is 18.2 Å². The van der Waals surface area contributed by atoms with Crippen LogP contribution in [0.15, 0.2) is 35.5 Å². The van der Waals surface area contributed by atoms with Gasteiger partial charge in [-0.1, -0.05) is 23.7 Å². The fraction of sp³-hybridized carbons (Fsp3) is 0.294. The van der Waals surface area contributed by atoms with Gasteiger partial charge in [-0.05, 0) is 24.6 Å². The average Bonchev–Trinajstić information content (AvgIpc) is 2.90. The molecule has 0 bridgehead atoms. The van der Waals surface area contributed by atoms with Crippen LogP contribution >= 0.6 is 11.6 Å². The van der Waals surface area contributed by atoms with Gasteiger partial charge in [0, 0.05) is 6.54 Å². The Bertz CT molecular complexity index is 831. The van der Waals surface area contributed by atoms with Gasteiger partial charge in [0.1, 0.15) is 11.2 Å². The van der Waals surface area contributed by atoms with Crippen molar-refractivity contribution in [3.05, 3.63) is 46.7 Å². The number of β-lactam (4-membered cyclic amide) rings is 1. The lowest BCUT2D eigenvalue weighted by atomic mass is 10.0. The highest BCUT2D eigenvalue weighted by atomic mass is 35.5. The van der Waals surface area contributed by atoms with Crippen molar-refractivity contribution >= 4 is 35.3 Å². The molecule has 2 N–H and O–H groups in total. The molecule has 2 aliphatic rings. The number of hydrogen-bond donors (Lipinski definition) is 1. The van der Waals surface area contributed by atoms with Crippen molar-refractivity contribution in [3.63, 3.8) is 0 Å². The number of nitrogens with two attached hydrogens (primary N) is 1. The Morgan fingerprint density at radius 3 is 2.15 bits per heavy atom. The van der Waals surface area contributed by atoms with Crippen molar-refractivity contribution in [2.75, 3.05) is 13.7 Å².